The molecule has 1 fully saturated rings. The molecule has 3 N–H and O–H groups in total. The van der Waals surface area contributed by atoms with Gasteiger partial charge in [-0.05, 0) is 48.4 Å². The second-order valence-electron chi connectivity index (χ2n) is 16.1. The fourth-order valence-corrected chi connectivity index (χ4v) is 9.53. The van der Waals surface area contributed by atoms with Crippen LogP contribution in [0.5, 0.6) is 28.7 Å². The molecule has 3 aliphatic heterocycles. The predicted octanol–water partition coefficient (Wildman–Crippen LogP) is 5.32. The number of methoxy groups -OCH3 is 3. The summed E-state index contributed by atoms with van der Waals surface area (Å²) in [7, 11) is 4.10. The molecule has 0 saturated carbocycles. The van der Waals surface area contributed by atoms with Crippen molar-refractivity contribution < 1.29 is 48.3 Å². The number of ketones is 2. The molecule has 1 aromatic heterocycles. The SMILES string of the molecule is COc1cc(C(CC(=O)NC(CC(C)C)C(=O)N2CC3CC(C2)c2cccc(=O)n2C3)C2=C(O)C3(Oc4c(Cl)c(OC)cc(OC)c4C3=O)C(C)CC2=O)ccc1O. The number of ether oxygens (including phenoxy) is 4. The summed E-state index contributed by atoms with van der Waals surface area (Å²) in [4.78, 5) is 71.8. The molecule has 308 valence electrons. The van der Waals surface area contributed by atoms with Gasteiger partial charge in [0.15, 0.2) is 28.8 Å². The third-order valence-electron chi connectivity index (χ3n) is 12.0. The summed E-state index contributed by atoms with van der Waals surface area (Å²) >= 11 is 6.65. The van der Waals surface area contributed by atoms with Crippen molar-refractivity contribution in [3.8, 4) is 28.7 Å². The van der Waals surface area contributed by atoms with Crippen LogP contribution >= 0.6 is 11.6 Å². The summed E-state index contributed by atoms with van der Waals surface area (Å²) in [5.74, 6) is -4.76. The monoisotopic (exact) mass is 817 g/mol. The highest BCUT2D eigenvalue weighted by Gasteiger charge is 2.61. The molecule has 2 amide bonds. The summed E-state index contributed by atoms with van der Waals surface area (Å²) in [6.45, 7) is 6.83. The minimum Gasteiger partial charge on any atom is -0.507 e. The van der Waals surface area contributed by atoms with Gasteiger partial charge in [-0.25, -0.2) is 0 Å². The zero-order valence-corrected chi connectivity index (χ0v) is 34.1. The van der Waals surface area contributed by atoms with Crippen molar-refractivity contribution in [2.24, 2.45) is 17.8 Å². The first-order chi connectivity index (χ1) is 27.6. The van der Waals surface area contributed by atoms with Gasteiger partial charge < -0.3 is 43.9 Å². The fraction of sp³-hybridized carbons (Fsp3) is 0.465. The summed E-state index contributed by atoms with van der Waals surface area (Å²) in [5, 5.41) is 25.7. The van der Waals surface area contributed by atoms with E-state index >= 15 is 0 Å². The first-order valence-corrected chi connectivity index (χ1v) is 19.8. The lowest BCUT2D eigenvalue weighted by Crippen LogP contribution is -2.55. The van der Waals surface area contributed by atoms with Crippen LogP contribution in [0.2, 0.25) is 5.02 Å². The average molecular weight is 818 g/mol. The molecule has 4 heterocycles. The van der Waals surface area contributed by atoms with Crippen LogP contribution in [0.15, 0.2) is 58.6 Å². The molecule has 0 radical (unpaired) electrons. The minimum absolute atomic E-state index is 0.0117. The van der Waals surface area contributed by atoms with E-state index in [9.17, 15) is 34.2 Å². The standard InChI is InChI=1S/C43H48ClN3O11/c1-21(2)12-27(42(54)46-18-23-14-25(20-46)28-8-7-9-35(51)47(28)19-23)45-34(50)16-26(24-10-11-29(48)31(15-24)55-4)36-30(49)13-22(3)43(40(36)52)41(53)37-32(56-5)17-33(57-6)38(44)39(37)58-43/h7-11,15,17,21-23,25-27,48,52H,12-14,16,18-20H2,1-6H3,(H,45,50). The van der Waals surface area contributed by atoms with Crippen LogP contribution in [0, 0.1) is 17.8 Å². The molecule has 1 saturated heterocycles. The van der Waals surface area contributed by atoms with E-state index < -0.39 is 53.1 Å². The maximum atomic E-state index is 14.5. The number of phenols is 1. The average Bonchev–Trinajstić information content (AvgIpc) is 3.51. The van der Waals surface area contributed by atoms with Crippen molar-refractivity contribution in [2.45, 2.75) is 76.5 Å². The van der Waals surface area contributed by atoms with Gasteiger partial charge in [0.05, 0.1) is 21.3 Å². The number of phenolic OH excluding ortho intramolecular Hbond substituents is 1. The number of halogens is 1. The molecular weight excluding hydrogens is 770 g/mol. The van der Waals surface area contributed by atoms with Crippen molar-refractivity contribution in [3.05, 3.63) is 86.0 Å². The first-order valence-electron chi connectivity index (χ1n) is 19.4. The number of hydrogen-bond acceptors (Lipinski definition) is 11. The predicted molar refractivity (Wildman–Crippen MR) is 212 cm³/mol. The number of nitrogens with one attached hydrogen (secondary N) is 1. The summed E-state index contributed by atoms with van der Waals surface area (Å²) in [6.07, 6.45) is 0.490. The minimum atomic E-state index is -2.11. The Kier molecular flexibility index (Phi) is 11.0. The zero-order valence-electron chi connectivity index (χ0n) is 33.3. The van der Waals surface area contributed by atoms with Crippen LogP contribution in [0.1, 0.15) is 79.9 Å². The van der Waals surface area contributed by atoms with Crippen molar-refractivity contribution in [3.63, 3.8) is 0 Å². The summed E-state index contributed by atoms with van der Waals surface area (Å²) < 4.78 is 24.4. The lowest BCUT2D eigenvalue weighted by Gasteiger charge is -2.43. The van der Waals surface area contributed by atoms with Gasteiger partial charge in [0.25, 0.3) is 5.56 Å². The third kappa shape index (κ3) is 6.84. The number of benzene rings is 2. The number of fused-ring (bicyclic) bond motifs is 5. The molecule has 2 bridgehead atoms. The van der Waals surface area contributed by atoms with Crippen LogP contribution in [-0.2, 0) is 20.9 Å². The van der Waals surface area contributed by atoms with Crippen LogP contribution in [0.4, 0.5) is 0 Å². The Labute approximate surface area is 340 Å². The number of aromatic hydroxyl groups is 1. The highest BCUT2D eigenvalue weighted by molar-refractivity contribution is 6.35. The van der Waals surface area contributed by atoms with E-state index in [-0.39, 0.29) is 80.5 Å². The highest BCUT2D eigenvalue weighted by atomic mass is 35.5. The van der Waals surface area contributed by atoms with Crippen molar-refractivity contribution in [2.75, 3.05) is 34.4 Å². The number of carbonyl (C=O) groups excluding carboxylic acids is 4. The molecule has 1 aliphatic carbocycles. The van der Waals surface area contributed by atoms with Crippen LogP contribution in [0.3, 0.4) is 0 Å². The molecule has 7 rings (SSSR count). The Hall–Kier alpha value is -5.50. The number of pyridine rings is 1. The molecular formula is C43H48ClN3O11. The van der Waals surface area contributed by atoms with Gasteiger partial charge in [-0.2, -0.15) is 0 Å². The van der Waals surface area contributed by atoms with Crippen molar-refractivity contribution in [1.82, 2.24) is 14.8 Å². The van der Waals surface area contributed by atoms with Gasteiger partial charge in [0.1, 0.15) is 28.1 Å². The number of rotatable bonds is 11. The number of aliphatic hydroxyl groups excluding tert-OH is 1. The smallest absolute Gasteiger partial charge is 0.250 e. The quantitative estimate of drug-likeness (QED) is 0.228. The van der Waals surface area contributed by atoms with Gasteiger partial charge >= 0.3 is 0 Å². The number of aliphatic hydroxyl groups is 1. The maximum Gasteiger partial charge on any atom is 0.250 e. The molecule has 6 atom stereocenters. The van der Waals surface area contributed by atoms with Crippen molar-refractivity contribution >= 4 is 35.0 Å². The van der Waals surface area contributed by atoms with Crippen LogP contribution in [-0.4, -0.2) is 89.1 Å². The Bertz CT molecular complexity index is 2290. The number of nitrogens with zero attached hydrogens (tertiary/aromatic N) is 2. The normalized spacial score (nSPS) is 23.2. The van der Waals surface area contributed by atoms with Crippen LogP contribution in [0.25, 0.3) is 0 Å². The van der Waals surface area contributed by atoms with E-state index in [0.29, 0.717) is 31.6 Å². The number of allylic oxidation sites excluding steroid dienone is 1. The molecule has 2 aromatic carbocycles. The number of aromatic nitrogens is 1. The van der Waals surface area contributed by atoms with Gasteiger partial charge in [0.2, 0.25) is 23.2 Å². The molecule has 1 spiro atoms. The fourth-order valence-electron chi connectivity index (χ4n) is 9.26. The molecule has 58 heavy (non-hydrogen) atoms. The van der Waals surface area contributed by atoms with Crippen molar-refractivity contribution in [1.29, 1.82) is 0 Å². The van der Waals surface area contributed by atoms with Gasteiger partial charge in [-0.1, -0.05) is 44.5 Å². The van der Waals surface area contributed by atoms with Crippen LogP contribution < -0.4 is 29.8 Å². The Morgan fingerprint density at radius 2 is 1.71 bits per heavy atom. The third-order valence-corrected chi connectivity index (χ3v) is 12.3. The van der Waals surface area contributed by atoms with E-state index in [4.69, 9.17) is 30.5 Å². The van der Waals surface area contributed by atoms with Gasteiger partial charge in [0, 0.05) is 73.6 Å². The summed E-state index contributed by atoms with van der Waals surface area (Å²) in [6, 6.07) is 10.0. The number of carbonyl (C=O) groups is 4. The zero-order chi connectivity index (χ0) is 41.8. The first kappa shape index (κ1) is 40.7. The Morgan fingerprint density at radius 3 is 2.40 bits per heavy atom. The molecule has 14 nitrogen and oxygen atoms in total. The van der Waals surface area contributed by atoms with E-state index in [2.05, 4.69) is 5.32 Å². The Morgan fingerprint density at radius 1 is 0.983 bits per heavy atom. The topological polar surface area (TPSA) is 183 Å². The lowest BCUT2D eigenvalue weighted by molar-refractivity contribution is -0.139. The highest BCUT2D eigenvalue weighted by Crippen LogP contribution is 2.56. The van der Waals surface area contributed by atoms with E-state index in [1.807, 2.05) is 19.9 Å². The van der Waals surface area contributed by atoms with E-state index in [0.717, 1.165) is 12.1 Å². The molecule has 6 unspecified atom stereocenters. The Balaban J connectivity index is 1.24. The number of likely N-dealkylation sites (tertiary alicyclic amines) is 1. The largest absolute Gasteiger partial charge is 0.507 e. The molecule has 15 heteroatoms. The second kappa shape index (κ2) is 15.7. The number of amides is 2. The summed E-state index contributed by atoms with van der Waals surface area (Å²) in [5.41, 5.74) is -1.25. The molecule has 4 aliphatic rings. The number of hydrogen-bond donors (Lipinski definition) is 3. The van der Waals surface area contributed by atoms with E-state index in [1.165, 1.54) is 45.6 Å². The lowest BCUT2D eigenvalue weighted by atomic mass is 9.69. The number of Topliss-reactive ketones (excluding diaryl/α,β-unsaturated/α-hetero) is 2. The van der Waals surface area contributed by atoms with E-state index in [1.54, 1.807) is 28.5 Å². The van der Waals surface area contributed by atoms with Gasteiger partial charge in [-0.15, -0.1) is 0 Å². The maximum absolute atomic E-state index is 14.5. The second-order valence-corrected chi connectivity index (χ2v) is 16.5. The molecule has 3 aromatic rings. The van der Waals surface area contributed by atoms with Gasteiger partial charge in [-0.3, -0.25) is 24.0 Å². The number of piperidine rings is 1.